The van der Waals surface area contributed by atoms with Crippen molar-refractivity contribution in [2.75, 3.05) is 0 Å². The molecule has 4 heavy (non-hydrogen) atoms. The number of hydrogen-bond donors (Lipinski definition) is 1. The Hall–Kier alpha value is -0.0971. The molecule has 0 aliphatic carbocycles. The van der Waals surface area contributed by atoms with Gasteiger partial charge in [0.2, 0.25) is 0 Å². The van der Waals surface area contributed by atoms with E-state index in [1.165, 1.54) is 0 Å². The minimum absolute atomic E-state index is 1.69. The fraction of sp³-hybridized carbons (Fsp3) is 0. The molecular weight excluding hydrogens is 111 g/mol. The molecule has 0 spiro atoms. The second kappa shape index (κ2) is 2.90. The average molecular weight is 113 g/mol. The molecule has 0 aromatic rings. The normalized spacial score (nSPS) is 3.25. The van der Waals surface area contributed by atoms with Crippen LogP contribution in [0.25, 0.3) is 0 Å². The molecule has 0 bridgehead atoms. The Morgan fingerprint density at radius 2 is 2.00 bits per heavy atom. The molecule has 3 radical (unpaired) electrons. The molecule has 0 amide bonds. The third kappa shape index (κ3) is 1.90. The van der Waals surface area contributed by atoms with Gasteiger partial charge in [-0.15, -0.1) is 0 Å². The van der Waals surface area contributed by atoms with Gasteiger partial charge in [0.1, 0.15) is 0 Å². The summed E-state index contributed by atoms with van der Waals surface area (Å²) in [5, 5.41) is 0. The van der Waals surface area contributed by atoms with Crippen LogP contribution >= 0.6 is 0 Å². The van der Waals surface area contributed by atoms with Crippen LogP contribution < -0.4 is 5.73 Å². The first kappa shape index (κ1) is 3.90. The molecule has 19 valence electrons. The molecule has 0 aromatic carbocycles. The van der Waals surface area contributed by atoms with Crippen molar-refractivity contribution in [1.82, 2.24) is 0 Å². The van der Waals surface area contributed by atoms with Crippen molar-refractivity contribution >= 4 is 16.5 Å². The van der Waals surface area contributed by atoms with Gasteiger partial charge < -0.3 is 0 Å². The number of rotatable bonds is 0. The molecule has 0 heterocycles. The van der Waals surface area contributed by atoms with Gasteiger partial charge in [-0.3, -0.25) is 0 Å². The van der Waals surface area contributed by atoms with Gasteiger partial charge in [-0.05, 0) is 0 Å². The van der Waals surface area contributed by atoms with E-state index < -0.39 is 0 Å². The van der Waals surface area contributed by atoms with Crippen LogP contribution in [0.5, 0.6) is 0 Å². The maximum atomic E-state index is 4.67. The fourth-order valence-corrected chi connectivity index (χ4v) is 0. The monoisotopic (exact) mass is 114 g/mol. The average Bonchev–Trinajstić information content (AvgIpc) is 1.37. The van der Waals surface area contributed by atoms with Crippen LogP contribution in [0.2, 0.25) is 0 Å². The van der Waals surface area contributed by atoms with Gasteiger partial charge in [-0.1, -0.05) is 0 Å². The van der Waals surface area contributed by atoms with Gasteiger partial charge in [-0.2, -0.15) is 0 Å². The molecule has 0 fully saturated rings. The van der Waals surface area contributed by atoms with Gasteiger partial charge in [0.15, 0.2) is 0 Å². The minimum atomic E-state index is 1.69. The Labute approximate surface area is 33.8 Å². The fourth-order valence-electron chi connectivity index (χ4n) is 0. The SMILES string of the molecule is NC#[C][Ge]. The molecule has 0 saturated heterocycles. The van der Waals surface area contributed by atoms with E-state index in [0.717, 1.165) is 0 Å². The number of hydrogen-bond acceptors (Lipinski definition) is 1. The van der Waals surface area contributed by atoms with E-state index in [1.807, 2.05) is 0 Å². The Balaban J connectivity index is 2.83. The van der Waals surface area contributed by atoms with Gasteiger partial charge in [0.05, 0.1) is 0 Å². The summed E-state index contributed by atoms with van der Waals surface area (Å²) in [5.41, 5.74) is 4.67. The maximum absolute atomic E-state index is 4.67. The van der Waals surface area contributed by atoms with Crippen LogP contribution in [0.3, 0.4) is 0 Å². The van der Waals surface area contributed by atoms with Gasteiger partial charge in [0, 0.05) is 0 Å². The molecule has 0 aliphatic heterocycles. The quantitative estimate of drug-likeness (QED) is 0.244. The van der Waals surface area contributed by atoms with Gasteiger partial charge in [-0.25, -0.2) is 0 Å². The third-order valence-electron chi connectivity index (χ3n) is 0.0722. The topological polar surface area (TPSA) is 26.0 Å². The van der Waals surface area contributed by atoms with Crippen molar-refractivity contribution in [3.63, 3.8) is 0 Å². The first-order chi connectivity index (χ1) is 1.91. The Morgan fingerprint density at radius 1 is 1.75 bits per heavy atom. The molecule has 2 N–H and O–H groups in total. The molecule has 0 atom stereocenters. The molecule has 0 unspecified atom stereocenters. The van der Waals surface area contributed by atoms with E-state index in [0.29, 0.717) is 0 Å². The van der Waals surface area contributed by atoms with E-state index >= 15 is 0 Å². The van der Waals surface area contributed by atoms with Gasteiger partial charge >= 0.3 is 33.0 Å². The molecule has 1 nitrogen and oxygen atoms in total. The van der Waals surface area contributed by atoms with Crippen molar-refractivity contribution in [2.24, 2.45) is 5.73 Å². The molecule has 0 aliphatic rings. The van der Waals surface area contributed by atoms with E-state index in [4.69, 9.17) is 0 Å². The molecule has 2 heteroatoms. The molecule has 0 saturated carbocycles. The van der Waals surface area contributed by atoms with Crippen LogP contribution in [0, 0.1) is 10.8 Å². The van der Waals surface area contributed by atoms with E-state index in [1.54, 1.807) is 16.5 Å². The van der Waals surface area contributed by atoms with Crippen molar-refractivity contribution in [3.8, 4) is 10.8 Å². The van der Waals surface area contributed by atoms with E-state index in [9.17, 15) is 0 Å². The van der Waals surface area contributed by atoms with Gasteiger partial charge in [0.25, 0.3) is 0 Å². The Morgan fingerprint density at radius 3 is 2.00 bits per heavy atom. The summed E-state index contributed by atoms with van der Waals surface area (Å²) >= 11 is 1.69. The van der Waals surface area contributed by atoms with Crippen molar-refractivity contribution in [1.29, 1.82) is 0 Å². The summed E-state index contributed by atoms with van der Waals surface area (Å²) in [6, 6.07) is 2.18. The van der Waals surface area contributed by atoms with Crippen LogP contribution in [0.1, 0.15) is 0 Å². The zero-order chi connectivity index (χ0) is 3.41. The zero-order valence-electron chi connectivity index (χ0n) is 2.08. The summed E-state index contributed by atoms with van der Waals surface area (Å²) in [7, 11) is 0. The standard InChI is InChI=1S/C2H2GeN/c3-1-2-4/h4H2. The van der Waals surface area contributed by atoms with Crippen LogP contribution in [0.15, 0.2) is 0 Å². The summed E-state index contributed by atoms with van der Waals surface area (Å²) in [6.45, 7) is 0. The van der Waals surface area contributed by atoms with Crippen LogP contribution in [-0.4, -0.2) is 16.5 Å². The van der Waals surface area contributed by atoms with E-state index in [-0.39, 0.29) is 0 Å². The predicted molar refractivity (Wildman–Crippen MR) is 17.7 cm³/mol. The van der Waals surface area contributed by atoms with Crippen molar-refractivity contribution in [3.05, 3.63) is 0 Å². The first-order valence-corrected chi connectivity index (χ1v) is 1.84. The first-order valence-electron chi connectivity index (χ1n) is 0.789. The van der Waals surface area contributed by atoms with Crippen molar-refractivity contribution < 1.29 is 0 Å². The second-order valence-electron chi connectivity index (χ2n) is 0.269. The van der Waals surface area contributed by atoms with Crippen LogP contribution in [-0.2, 0) is 0 Å². The third-order valence-corrected chi connectivity index (χ3v) is 0.375. The van der Waals surface area contributed by atoms with Crippen molar-refractivity contribution in [2.45, 2.75) is 0 Å². The molecule has 0 rings (SSSR count). The summed E-state index contributed by atoms with van der Waals surface area (Å²) in [4.78, 5) is 0. The Bertz CT molecular complexity index is 42.8. The van der Waals surface area contributed by atoms with E-state index in [2.05, 4.69) is 16.5 Å². The zero-order valence-corrected chi connectivity index (χ0v) is 4.18. The Kier molecular flexibility index (Phi) is 2.83. The molecular formula is C2H2GeN. The number of nitrogens with two attached hydrogens (primary N) is 1. The summed E-state index contributed by atoms with van der Waals surface area (Å²) in [6.07, 6.45) is 0. The molecule has 0 aromatic heterocycles. The predicted octanol–water partition coefficient (Wildman–Crippen LogP) is -0.968. The summed E-state index contributed by atoms with van der Waals surface area (Å²) < 4.78 is 2.46. The second-order valence-corrected chi connectivity index (χ2v) is 0.794. The summed E-state index contributed by atoms with van der Waals surface area (Å²) in [5.74, 6) is 0. The van der Waals surface area contributed by atoms with Crippen LogP contribution in [0.4, 0.5) is 0 Å².